The molecule has 2 rings (SSSR count). The second-order valence-corrected chi connectivity index (χ2v) is 5.94. The van der Waals surface area contributed by atoms with E-state index in [-0.39, 0.29) is 6.10 Å². The molecule has 19 heavy (non-hydrogen) atoms. The first kappa shape index (κ1) is 14.2. The Kier molecular flexibility index (Phi) is 4.74. The van der Waals surface area contributed by atoms with Crippen molar-refractivity contribution in [3.8, 4) is 0 Å². The molecule has 4 nitrogen and oxygen atoms in total. The molecule has 5 heteroatoms. The molecule has 0 spiro atoms. The number of carbonyl (C=O) groups is 1. The van der Waals surface area contributed by atoms with Crippen molar-refractivity contribution in [2.45, 2.75) is 32.5 Å². The van der Waals surface area contributed by atoms with E-state index in [2.05, 4.69) is 24.8 Å². The second kappa shape index (κ2) is 6.32. The summed E-state index contributed by atoms with van der Waals surface area (Å²) in [5.74, 6) is -0.914. The van der Waals surface area contributed by atoms with Gasteiger partial charge in [-0.3, -0.25) is 4.90 Å². The van der Waals surface area contributed by atoms with E-state index in [0.717, 1.165) is 25.3 Å². The maximum Gasteiger partial charge on any atom is 0.328 e. The van der Waals surface area contributed by atoms with Crippen LogP contribution in [-0.4, -0.2) is 41.3 Å². The smallest absolute Gasteiger partial charge is 0.328 e. The van der Waals surface area contributed by atoms with E-state index < -0.39 is 5.97 Å². The molecule has 1 saturated heterocycles. The van der Waals surface area contributed by atoms with Crippen molar-refractivity contribution in [3.05, 3.63) is 28.0 Å². The van der Waals surface area contributed by atoms with Gasteiger partial charge < -0.3 is 9.84 Å². The highest BCUT2D eigenvalue weighted by Gasteiger charge is 2.23. The largest absolute Gasteiger partial charge is 0.478 e. The van der Waals surface area contributed by atoms with Crippen LogP contribution in [0.2, 0.25) is 0 Å². The summed E-state index contributed by atoms with van der Waals surface area (Å²) < 4.78 is 5.61. The summed E-state index contributed by atoms with van der Waals surface area (Å²) in [6.45, 7) is 6.89. The number of hydrogen-bond acceptors (Lipinski definition) is 4. The molecule has 2 unspecified atom stereocenters. The Morgan fingerprint density at radius 3 is 3.16 bits per heavy atom. The number of carboxylic acid groups (broad SMARTS) is 1. The standard InChI is InChI=1S/C14H19NO3S/c1-10-8-18-11(2)6-15(10)7-13-5-12(9-19-13)3-4-14(16)17/h3-5,9-11H,6-8H2,1-2H3,(H,16,17). The van der Waals surface area contributed by atoms with Gasteiger partial charge in [-0.1, -0.05) is 0 Å². The highest BCUT2D eigenvalue weighted by molar-refractivity contribution is 7.10. The highest BCUT2D eigenvalue weighted by atomic mass is 32.1. The number of aliphatic carboxylic acids is 1. The van der Waals surface area contributed by atoms with Gasteiger partial charge in [0, 0.05) is 30.1 Å². The zero-order chi connectivity index (χ0) is 13.8. The lowest BCUT2D eigenvalue weighted by Gasteiger charge is -2.36. The fourth-order valence-corrected chi connectivity index (χ4v) is 3.01. The quantitative estimate of drug-likeness (QED) is 0.861. The average Bonchev–Trinajstić information content (AvgIpc) is 2.79. The van der Waals surface area contributed by atoms with Gasteiger partial charge in [0.05, 0.1) is 12.7 Å². The summed E-state index contributed by atoms with van der Waals surface area (Å²) >= 11 is 1.67. The van der Waals surface area contributed by atoms with Crippen LogP contribution in [0.25, 0.3) is 6.08 Å². The van der Waals surface area contributed by atoms with Crippen LogP contribution in [0.1, 0.15) is 24.3 Å². The van der Waals surface area contributed by atoms with E-state index >= 15 is 0 Å². The zero-order valence-corrected chi connectivity index (χ0v) is 12.0. The first-order chi connectivity index (χ1) is 9.04. The molecular weight excluding hydrogens is 262 g/mol. The van der Waals surface area contributed by atoms with E-state index in [0.29, 0.717) is 6.04 Å². The number of nitrogens with zero attached hydrogens (tertiary/aromatic N) is 1. The molecule has 1 N–H and O–H groups in total. The van der Waals surface area contributed by atoms with E-state index in [4.69, 9.17) is 9.84 Å². The van der Waals surface area contributed by atoms with Gasteiger partial charge in [-0.05, 0) is 36.9 Å². The molecular formula is C14H19NO3S. The molecule has 1 fully saturated rings. The third-order valence-electron chi connectivity index (χ3n) is 3.19. The van der Waals surface area contributed by atoms with Crippen LogP contribution in [0.5, 0.6) is 0 Å². The van der Waals surface area contributed by atoms with Crippen LogP contribution in [0.4, 0.5) is 0 Å². The van der Waals surface area contributed by atoms with E-state index in [1.54, 1.807) is 17.4 Å². The Bertz CT molecular complexity index is 469. The number of ether oxygens (including phenoxy) is 1. The summed E-state index contributed by atoms with van der Waals surface area (Å²) in [5.41, 5.74) is 0.955. The molecule has 0 aliphatic carbocycles. The molecule has 2 heterocycles. The van der Waals surface area contributed by atoms with Crippen molar-refractivity contribution in [1.82, 2.24) is 4.90 Å². The summed E-state index contributed by atoms with van der Waals surface area (Å²) in [7, 11) is 0. The first-order valence-corrected chi connectivity index (χ1v) is 7.26. The minimum Gasteiger partial charge on any atom is -0.478 e. The van der Waals surface area contributed by atoms with Crippen molar-refractivity contribution in [3.63, 3.8) is 0 Å². The number of thiophene rings is 1. The minimum absolute atomic E-state index is 0.280. The molecule has 1 aromatic rings. The number of rotatable bonds is 4. The van der Waals surface area contributed by atoms with E-state index in [1.807, 2.05) is 5.38 Å². The van der Waals surface area contributed by atoms with Gasteiger partial charge in [0.1, 0.15) is 0 Å². The van der Waals surface area contributed by atoms with Gasteiger partial charge in [0.15, 0.2) is 0 Å². The predicted molar refractivity (Wildman–Crippen MR) is 76.3 cm³/mol. The normalized spacial score (nSPS) is 24.9. The topological polar surface area (TPSA) is 49.8 Å². The Morgan fingerprint density at radius 2 is 2.42 bits per heavy atom. The van der Waals surface area contributed by atoms with E-state index in [9.17, 15) is 4.79 Å². The Labute approximate surface area is 117 Å². The summed E-state index contributed by atoms with van der Waals surface area (Å²) in [5, 5.41) is 10.6. The highest BCUT2D eigenvalue weighted by Crippen LogP contribution is 2.21. The van der Waals surface area contributed by atoms with E-state index in [1.165, 1.54) is 11.0 Å². The van der Waals surface area contributed by atoms with Gasteiger partial charge >= 0.3 is 5.97 Å². The van der Waals surface area contributed by atoms with Gasteiger partial charge in [-0.2, -0.15) is 0 Å². The fraction of sp³-hybridized carbons (Fsp3) is 0.500. The number of hydrogen-bond donors (Lipinski definition) is 1. The predicted octanol–water partition coefficient (Wildman–Crippen LogP) is 2.46. The molecule has 0 bridgehead atoms. The van der Waals surface area contributed by atoms with Crippen molar-refractivity contribution in [2.75, 3.05) is 13.2 Å². The number of carboxylic acids is 1. The van der Waals surface area contributed by atoms with Crippen LogP contribution >= 0.6 is 11.3 Å². The molecule has 0 aromatic carbocycles. The SMILES string of the molecule is CC1CN(Cc2cc(C=CC(=O)O)cs2)C(C)CO1. The van der Waals surface area contributed by atoms with Crippen LogP contribution in [0.3, 0.4) is 0 Å². The van der Waals surface area contributed by atoms with Crippen molar-refractivity contribution < 1.29 is 14.6 Å². The molecule has 1 aliphatic rings. The minimum atomic E-state index is -0.914. The number of morpholine rings is 1. The zero-order valence-electron chi connectivity index (χ0n) is 11.2. The van der Waals surface area contributed by atoms with Crippen LogP contribution in [0, 0.1) is 0 Å². The molecule has 1 aliphatic heterocycles. The molecule has 0 saturated carbocycles. The van der Waals surface area contributed by atoms with Crippen LogP contribution in [0.15, 0.2) is 17.5 Å². The molecule has 1 aromatic heterocycles. The fourth-order valence-electron chi connectivity index (χ4n) is 2.13. The van der Waals surface area contributed by atoms with Crippen molar-refractivity contribution >= 4 is 23.4 Å². The maximum atomic E-state index is 10.5. The summed E-state index contributed by atoms with van der Waals surface area (Å²) in [4.78, 5) is 14.1. The monoisotopic (exact) mass is 281 g/mol. The van der Waals surface area contributed by atoms with Crippen LogP contribution in [-0.2, 0) is 16.1 Å². The van der Waals surface area contributed by atoms with Gasteiger partial charge in [-0.25, -0.2) is 4.79 Å². The summed E-state index contributed by atoms with van der Waals surface area (Å²) in [6, 6.07) is 2.48. The molecule has 0 amide bonds. The average molecular weight is 281 g/mol. The van der Waals surface area contributed by atoms with Crippen molar-refractivity contribution in [1.29, 1.82) is 0 Å². The third-order valence-corrected chi connectivity index (χ3v) is 4.13. The molecule has 0 radical (unpaired) electrons. The maximum absolute atomic E-state index is 10.5. The Morgan fingerprint density at radius 1 is 1.63 bits per heavy atom. The Hall–Kier alpha value is -1.17. The lowest BCUT2D eigenvalue weighted by molar-refractivity contribution is -0.131. The van der Waals surface area contributed by atoms with Gasteiger partial charge in [0.25, 0.3) is 0 Å². The Balaban J connectivity index is 1.97. The van der Waals surface area contributed by atoms with Gasteiger partial charge in [0.2, 0.25) is 0 Å². The third kappa shape index (κ3) is 4.16. The lowest BCUT2D eigenvalue weighted by Crippen LogP contribution is -2.46. The second-order valence-electron chi connectivity index (χ2n) is 4.94. The molecule has 104 valence electrons. The lowest BCUT2D eigenvalue weighted by atomic mass is 10.2. The van der Waals surface area contributed by atoms with Gasteiger partial charge in [-0.15, -0.1) is 11.3 Å². The molecule has 2 atom stereocenters. The summed E-state index contributed by atoms with van der Waals surface area (Å²) in [6.07, 6.45) is 3.08. The first-order valence-electron chi connectivity index (χ1n) is 6.38. The van der Waals surface area contributed by atoms with Crippen molar-refractivity contribution in [2.24, 2.45) is 0 Å². The van der Waals surface area contributed by atoms with Crippen LogP contribution < -0.4 is 0 Å².